The summed E-state index contributed by atoms with van der Waals surface area (Å²) in [6, 6.07) is 87.4. The summed E-state index contributed by atoms with van der Waals surface area (Å²) in [6.45, 7) is 0. The highest BCUT2D eigenvalue weighted by molar-refractivity contribution is 7.99. The highest BCUT2D eigenvalue weighted by Gasteiger charge is 2.52. The lowest BCUT2D eigenvalue weighted by molar-refractivity contribution is 0.436. The third-order valence-electron chi connectivity index (χ3n) is 15.9. The van der Waals surface area contributed by atoms with Crippen molar-refractivity contribution in [2.45, 2.75) is 20.6 Å². The van der Waals surface area contributed by atoms with E-state index in [0.717, 1.165) is 45.4 Å². The van der Waals surface area contributed by atoms with Gasteiger partial charge in [0.1, 0.15) is 17.3 Å². The molecule has 0 radical (unpaired) electrons. The van der Waals surface area contributed by atoms with Crippen molar-refractivity contribution < 1.29 is 4.74 Å². The summed E-state index contributed by atoms with van der Waals surface area (Å²) in [7, 11) is 0. The maximum absolute atomic E-state index is 6.97. The standard InChI is InChI=1S/C67H40N2OS2/c1-6-22-50-45(16-1)46-17-2-7-23-51(46)66(50)54-26-10-12-28-58(54)70-59-35-33-42(38-56(59)66)69(64-37-32-41(40-68-64)44-21-15-31-63-65(44)49-20-5-13-29-60(49)71-63)43-34-36-62-57(39-43)67(55-27-11-14-30-61(55)72-62)52-24-8-3-18-47(52)48-19-4-9-25-53(48)67/h1-40H. The van der Waals surface area contributed by atoms with E-state index in [0.29, 0.717) is 0 Å². The minimum absolute atomic E-state index is 0.542. The molecule has 10 aromatic carbocycles. The van der Waals surface area contributed by atoms with Crippen molar-refractivity contribution in [3.8, 4) is 44.9 Å². The maximum Gasteiger partial charge on any atom is 0.137 e. The number of nitrogens with zero attached hydrogens (tertiary/aromatic N) is 2. The number of hydrogen-bond acceptors (Lipinski definition) is 5. The van der Waals surface area contributed by atoms with E-state index < -0.39 is 10.8 Å². The Labute approximate surface area is 425 Å². The zero-order valence-electron chi connectivity index (χ0n) is 38.7. The number of aromatic nitrogens is 1. The molecule has 2 aliphatic carbocycles. The van der Waals surface area contributed by atoms with E-state index >= 15 is 0 Å². The molecule has 0 atom stereocenters. The van der Waals surface area contributed by atoms with Crippen LogP contribution in [0.3, 0.4) is 0 Å². The van der Waals surface area contributed by atoms with Crippen LogP contribution in [0.4, 0.5) is 17.2 Å². The summed E-state index contributed by atoms with van der Waals surface area (Å²) in [5.41, 5.74) is 18.1. The second-order valence-corrected chi connectivity index (χ2v) is 21.4. The normalized spacial score (nSPS) is 14.4. The van der Waals surface area contributed by atoms with Gasteiger partial charge in [0.15, 0.2) is 0 Å². The van der Waals surface area contributed by atoms with Gasteiger partial charge in [-0.3, -0.25) is 4.90 Å². The fourth-order valence-electron chi connectivity index (χ4n) is 13.1. The molecule has 336 valence electrons. The molecule has 0 saturated carbocycles. The Kier molecular flexibility index (Phi) is 8.40. The fraction of sp³-hybridized carbons (Fsp3) is 0.0299. The first-order chi connectivity index (χ1) is 35.7. The van der Waals surface area contributed by atoms with Crippen LogP contribution >= 0.6 is 23.1 Å². The molecule has 0 N–H and O–H groups in total. The van der Waals surface area contributed by atoms with Crippen molar-refractivity contribution in [2.75, 3.05) is 4.90 Å². The largest absolute Gasteiger partial charge is 0.457 e. The van der Waals surface area contributed by atoms with E-state index in [-0.39, 0.29) is 0 Å². The van der Waals surface area contributed by atoms with Crippen LogP contribution < -0.4 is 9.64 Å². The van der Waals surface area contributed by atoms with Gasteiger partial charge in [-0.25, -0.2) is 4.98 Å². The van der Waals surface area contributed by atoms with Gasteiger partial charge in [0.25, 0.3) is 0 Å². The quantitative estimate of drug-likeness (QED) is 0.176. The number of benzene rings is 10. The van der Waals surface area contributed by atoms with Crippen LogP contribution in [0.25, 0.3) is 53.6 Å². The Bertz CT molecular complexity index is 3980. The number of ether oxygens (including phenoxy) is 1. The molecule has 0 saturated heterocycles. The van der Waals surface area contributed by atoms with E-state index in [1.807, 2.05) is 23.1 Å². The number of hydrogen-bond donors (Lipinski definition) is 0. The van der Waals surface area contributed by atoms with Crippen molar-refractivity contribution in [3.05, 3.63) is 287 Å². The van der Waals surface area contributed by atoms with Gasteiger partial charge in [-0.2, -0.15) is 0 Å². The van der Waals surface area contributed by atoms with Gasteiger partial charge in [-0.1, -0.05) is 176 Å². The SMILES string of the molecule is c1ccc2c(c1)Oc1ccc(N(c3ccc4c(c3)C3(c5ccccc5S4)c4ccccc4-c4ccccc43)c3ccc(-c4cccc5sc6ccccc6c45)cn3)cc1C21c2ccccc2-c2ccccc21. The molecule has 12 aromatic rings. The van der Waals surface area contributed by atoms with Crippen molar-refractivity contribution in [3.63, 3.8) is 0 Å². The van der Waals surface area contributed by atoms with Crippen molar-refractivity contribution in [1.82, 2.24) is 4.98 Å². The number of anilines is 3. The maximum atomic E-state index is 6.97. The van der Waals surface area contributed by atoms with E-state index in [1.165, 1.54) is 91.2 Å². The second-order valence-electron chi connectivity index (χ2n) is 19.3. The lowest BCUT2D eigenvalue weighted by atomic mass is 9.66. The van der Waals surface area contributed by atoms with Crippen LogP contribution in [0.15, 0.2) is 253 Å². The van der Waals surface area contributed by atoms with Gasteiger partial charge in [0, 0.05) is 64.2 Å². The number of rotatable bonds is 4. The molecule has 4 aliphatic rings. The van der Waals surface area contributed by atoms with Gasteiger partial charge in [0.2, 0.25) is 0 Å². The highest BCUT2D eigenvalue weighted by Crippen LogP contribution is 2.65. The first-order valence-electron chi connectivity index (χ1n) is 24.6. The molecule has 5 heteroatoms. The topological polar surface area (TPSA) is 25.4 Å². The molecular weight excluding hydrogens is 913 g/mol. The predicted molar refractivity (Wildman–Crippen MR) is 296 cm³/mol. The first-order valence-corrected chi connectivity index (χ1v) is 26.2. The van der Waals surface area contributed by atoms with Crippen molar-refractivity contribution in [1.29, 1.82) is 0 Å². The van der Waals surface area contributed by atoms with Crippen LogP contribution in [0.2, 0.25) is 0 Å². The Morgan fingerprint density at radius 2 is 0.889 bits per heavy atom. The molecule has 2 aliphatic heterocycles. The molecular formula is C67H40N2OS2. The van der Waals surface area contributed by atoms with Gasteiger partial charge in [-0.05, 0) is 134 Å². The first kappa shape index (κ1) is 40.3. The van der Waals surface area contributed by atoms with Crippen LogP contribution in [0.5, 0.6) is 11.5 Å². The molecule has 72 heavy (non-hydrogen) atoms. The highest BCUT2D eigenvalue weighted by atomic mass is 32.2. The van der Waals surface area contributed by atoms with Gasteiger partial charge >= 0.3 is 0 Å². The van der Waals surface area contributed by atoms with E-state index in [4.69, 9.17) is 9.72 Å². The third-order valence-corrected chi connectivity index (χ3v) is 18.2. The minimum atomic E-state index is -0.629. The van der Waals surface area contributed by atoms with Gasteiger partial charge in [-0.15, -0.1) is 11.3 Å². The predicted octanol–water partition coefficient (Wildman–Crippen LogP) is 17.9. The minimum Gasteiger partial charge on any atom is -0.457 e. The smallest absolute Gasteiger partial charge is 0.137 e. The molecule has 4 heterocycles. The zero-order chi connectivity index (χ0) is 47.1. The average molecular weight is 953 g/mol. The molecule has 2 spiro atoms. The summed E-state index contributed by atoms with van der Waals surface area (Å²) in [5.74, 6) is 2.55. The summed E-state index contributed by atoms with van der Waals surface area (Å²) in [6.07, 6.45) is 2.07. The summed E-state index contributed by atoms with van der Waals surface area (Å²) in [5, 5.41) is 2.55. The molecule has 0 amide bonds. The van der Waals surface area contributed by atoms with Gasteiger partial charge in [0.05, 0.1) is 10.8 Å². The van der Waals surface area contributed by atoms with Crippen molar-refractivity contribution in [2.24, 2.45) is 0 Å². The summed E-state index contributed by atoms with van der Waals surface area (Å²) >= 11 is 3.71. The second kappa shape index (κ2) is 15.0. The van der Waals surface area contributed by atoms with E-state index in [2.05, 4.69) is 248 Å². The fourth-order valence-corrected chi connectivity index (χ4v) is 15.4. The molecule has 0 unspecified atom stereocenters. The lowest BCUT2D eigenvalue weighted by Crippen LogP contribution is -2.32. The number of thiophene rings is 1. The third kappa shape index (κ3) is 5.28. The summed E-state index contributed by atoms with van der Waals surface area (Å²) < 4.78 is 9.53. The molecule has 16 rings (SSSR count). The zero-order valence-corrected chi connectivity index (χ0v) is 40.3. The Hall–Kier alpha value is -8.48. The molecule has 0 bridgehead atoms. The molecule has 2 aromatic heterocycles. The van der Waals surface area contributed by atoms with Crippen LogP contribution in [-0.2, 0) is 10.8 Å². The molecule has 0 fully saturated rings. The van der Waals surface area contributed by atoms with E-state index in [9.17, 15) is 0 Å². The molecule has 3 nitrogen and oxygen atoms in total. The Balaban J connectivity index is 0.952. The Morgan fingerprint density at radius 1 is 0.375 bits per heavy atom. The number of para-hydroxylation sites is 1. The number of pyridine rings is 1. The monoisotopic (exact) mass is 952 g/mol. The van der Waals surface area contributed by atoms with Crippen LogP contribution in [0, 0.1) is 0 Å². The lowest BCUT2D eigenvalue weighted by Gasteiger charge is -2.41. The van der Waals surface area contributed by atoms with E-state index in [1.54, 1.807) is 0 Å². The van der Waals surface area contributed by atoms with Gasteiger partial charge < -0.3 is 4.74 Å². The average Bonchev–Trinajstić information content (AvgIpc) is 4.08. The van der Waals surface area contributed by atoms with Crippen LogP contribution in [0.1, 0.15) is 44.5 Å². The summed E-state index contributed by atoms with van der Waals surface area (Å²) in [4.78, 5) is 10.4. The number of fused-ring (bicyclic) bond motifs is 21. The Morgan fingerprint density at radius 3 is 1.57 bits per heavy atom. The van der Waals surface area contributed by atoms with Crippen LogP contribution in [-0.4, -0.2) is 4.98 Å². The van der Waals surface area contributed by atoms with Crippen molar-refractivity contribution >= 4 is 60.5 Å².